The van der Waals surface area contributed by atoms with Crippen molar-refractivity contribution in [1.29, 1.82) is 0 Å². The van der Waals surface area contributed by atoms with E-state index in [-0.39, 0.29) is 18.8 Å². The smallest absolute Gasteiger partial charge is 0.130 e. The van der Waals surface area contributed by atoms with Gasteiger partial charge in [0.15, 0.2) is 0 Å². The summed E-state index contributed by atoms with van der Waals surface area (Å²) in [6, 6.07) is 3.28. The normalized spacial score (nSPS) is 14.6. The molecule has 1 rings (SSSR count). The molecule has 2 atom stereocenters. The first-order valence-corrected chi connectivity index (χ1v) is 6.92. The first-order valence-electron chi connectivity index (χ1n) is 6.92. The lowest BCUT2D eigenvalue weighted by atomic mass is 10.0. The highest BCUT2D eigenvalue weighted by Gasteiger charge is 2.16. The van der Waals surface area contributed by atoms with Gasteiger partial charge in [0.05, 0.1) is 18.8 Å². The topological polar surface area (TPSA) is 41.5 Å². The molecule has 1 aromatic carbocycles. The van der Waals surface area contributed by atoms with Gasteiger partial charge < -0.3 is 15.2 Å². The van der Waals surface area contributed by atoms with E-state index in [1.54, 1.807) is 0 Å². The summed E-state index contributed by atoms with van der Waals surface area (Å²) in [6.07, 6.45) is 0.0384. The third-order valence-electron chi connectivity index (χ3n) is 2.97. The van der Waals surface area contributed by atoms with Gasteiger partial charge in [-0.1, -0.05) is 13.0 Å². The molecule has 0 aromatic heterocycles. The van der Waals surface area contributed by atoms with Crippen molar-refractivity contribution in [3.8, 4) is 0 Å². The molecule has 0 amide bonds. The molecular weight excluding hydrogens is 264 g/mol. The fourth-order valence-electron chi connectivity index (χ4n) is 1.90. The van der Waals surface area contributed by atoms with Crippen LogP contribution >= 0.6 is 0 Å². The van der Waals surface area contributed by atoms with Crippen molar-refractivity contribution in [3.05, 3.63) is 35.4 Å². The zero-order valence-electron chi connectivity index (χ0n) is 12.2. The molecule has 114 valence electrons. The summed E-state index contributed by atoms with van der Waals surface area (Å²) in [5.41, 5.74) is 0.408. The predicted molar refractivity (Wildman–Crippen MR) is 74.5 cm³/mol. The second-order valence-corrected chi connectivity index (χ2v) is 5.07. The molecule has 2 N–H and O–H groups in total. The molecule has 0 aliphatic heterocycles. The molecule has 2 unspecified atom stereocenters. The molecule has 0 aliphatic rings. The number of aliphatic hydroxyl groups is 1. The Kier molecular flexibility index (Phi) is 7.05. The van der Waals surface area contributed by atoms with Gasteiger partial charge in [0.2, 0.25) is 0 Å². The lowest BCUT2D eigenvalue weighted by Crippen LogP contribution is -2.34. The summed E-state index contributed by atoms with van der Waals surface area (Å²) in [5, 5.41) is 12.8. The van der Waals surface area contributed by atoms with Crippen LogP contribution < -0.4 is 5.32 Å². The number of halogens is 2. The van der Waals surface area contributed by atoms with Crippen molar-refractivity contribution in [3.63, 3.8) is 0 Å². The van der Waals surface area contributed by atoms with Gasteiger partial charge in [-0.15, -0.1) is 0 Å². The van der Waals surface area contributed by atoms with Crippen molar-refractivity contribution >= 4 is 0 Å². The van der Waals surface area contributed by atoms with Gasteiger partial charge in [-0.2, -0.15) is 0 Å². The van der Waals surface area contributed by atoms with Crippen molar-refractivity contribution in [2.45, 2.75) is 45.4 Å². The Balaban J connectivity index is 2.54. The second-order valence-electron chi connectivity index (χ2n) is 5.07. The van der Waals surface area contributed by atoms with E-state index in [0.29, 0.717) is 18.5 Å². The van der Waals surface area contributed by atoms with E-state index in [2.05, 4.69) is 5.32 Å². The zero-order chi connectivity index (χ0) is 15.1. The minimum atomic E-state index is -0.657. The molecule has 0 bridgehead atoms. The summed E-state index contributed by atoms with van der Waals surface area (Å²) in [7, 11) is 0. The second kappa shape index (κ2) is 8.29. The Morgan fingerprint density at radius 2 is 2.00 bits per heavy atom. The summed E-state index contributed by atoms with van der Waals surface area (Å²) < 4.78 is 31.9. The fraction of sp³-hybridized carbons (Fsp3) is 0.600. The third-order valence-corrected chi connectivity index (χ3v) is 2.97. The average molecular weight is 287 g/mol. The highest BCUT2D eigenvalue weighted by atomic mass is 19.1. The number of benzene rings is 1. The van der Waals surface area contributed by atoms with E-state index in [1.807, 2.05) is 20.8 Å². The largest absolute Gasteiger partial charge is 0.389 e. The quantitative estimate of drug-likeness (QED) is 0.772. The summed E-state index contributed by atoms with van der Waals surface area (Å²) >= 11 is 0. The van der Waals surface area contributed by atoms with Gasteiger partial charge in [0, 0.05) is 24.2 Å². The average Bonchev–Trinajstić information content (AvgIpc) is 2.38. The molecule has 1 aromatic rings. The maximum atomic E-state index is 13.7. The maximum Gasteiger partial charge on any atom is 0.130 e. The Morgan fingerprint density at radius 1 is 1.30 bits per heavy atom. The molecule has 5 heteroatoms. The third kappa shape index (κ3) is 5.53. The number of rotatable bonds is 8. The Labute approximate surface area is 119 Å². The van der Waals surface area contributed by atoms with Crippen LogP contribution in [0.3, 0.4) is 0 Å². The van der Waals surface area contributed by atoms with E-state index in [4.69, 9.17) is 4.74 Å². The summed E-state index contributed by atoms with van der Waals surface area (Å²) in [5.74, 6) is -1.16. The van der Waals surface area contributed by atoms with Crippen LogP contribution in [0.15, 0.2) is 18.2 Å². The van der Waals surface area contributed by atoms with Gasteiger partial charge in [0.1, 0.15) is 11.6 Å². The molecule has 0 spiro atoms. The van der Waals surface area contributed by atoms with Crippen LogP contribution in [0, 0.1) is 11.6 Å². The molecule has 0 fully saturated rings. The van der Waals surface area contributed by atoms with Crippen LogP contribution in [0.4, 0.5) is 8.78 Å². The minimum absolute atomic E-state index is 0.0566. The van der Waals surface area contributed by atoms with E-state index in [9.17, 15) is 13.9 Å². The van der Waals surface area contributed by atoms with Crippen LogP contribution in [0.1, 0.15) is 38.8 Å². The van der Waals surface area contributed by atoms with Crippen molar-refractivity contribution in [1.82, 2.24) is 5.32 Å². The maximum absolute atomic E-state index is 13.7. The highest BCUT2D eigenvalue weighted by Crippen LogP contribution is 2.20. The lowest BCUT2D eigenvalue weighted by Gasteiger charge is -2.21. The van der Waals surface area contributed by atoms with Gasteiger partial charge >= 0.3 is 0 Å². The summed E-state index contributed by atoms with van der Waals surface area (Å²) in [6.45, 7) is 6.21. The number of nitrogens with one attached hydrogen (secondary N) is 1. The minimum Gasteiger partial charge on any atom is -0.389 e. The first-order chi connectivity index (χ1) is 9.43. The lowest BCUT2D eigenvalue weighted by molar-refractivity contribution is 0.00534. The van der Waals surface area contributed by atoms with Crippen molar-refractivity contribution in [2.24, 2.45) is 0 Å². The molecule has 0 aliphatic carbocycles. The van der Waals surface area contributed by atoms with E-state index >= 15 is 0 Å². The van der Waals surface area contributed by atoms with Crippen LogP contribution in [-0.4, -0.2) is 30.5 Å². The first kappa shape index (κ1) is 17.0. The number of hydrogen-bond donors (Lipinski definition) is 2. The predicted octanol–water partition coefficient (Wildman–Crippen LogP) is 2.79. The zero-order valence-corrected chi connectivity index (χ0v) is 12.2. The molecule has 20 heavy (non-hydrogen) atoms. The molecule has 0 heterocycles. The van der Waals surface area contributed by atoms with Crippen LogP contribution in [0.25, 0.3) is 0 Å². The molecule has 0 saturated carbocycles. The van der Waals surface area contributed by atoms with E-state index < -0.39 is 17.7 Å². The van der Waals surface area contributed by atoms with Gasteiger partial charge in [-0.3, -0.25) is 0 Å². The molecule has 3 nitrogen and oxygen atoms in total. The molecule has 0 radical (unpaired) electrons. The number of ether oxygens (including phenoxy) is 1. The highest BCUT2D eigenvalue weighted by molar-refractivity contribution is 5.22. The Bertz CT molecular complexity index is 413. The van der Waals surface area contributed by atoms with Gasteiger partial charge in [0.25, 0.3) is 0 Å². The standard InChI is InChI=1S/C15H23F2NO2/c1-4-15(13-6-5-11(16)7-14(13)17)18-8-12(19)9-20-10(2)3/h5-7,10,12,15,18-19H,4,8-9H2,1-3H3. The van der Waals surface area contributed by atoms with E-state index in [1.165, 1.54) is 12.1 Å². The Hall–Kier alpha value is -1.04. The molecule has 0 saturated heterocycles. The molecular formula is C15H23F2NO2. The SMILES string of the molecule is CCC(NCC(O)COC(C)C)c1ccc(F)cc1F. The Morgan fingerprint density at radius 3 is 2.55 bits per heavy atom. The van der Waals surface area contributed by atoms with E-state index in [0.717, 1.165) is 6.07 Å². The van der Waals surface area contributed by atoms with Crippen LogP contribution in [0.5, 0.6) is 0 Å². The number of aliphatic hydroxyl groups excluding tert-OH is 1. The summed E-state index contributed by atoms with van der Waals surface area (Å²) in [4.78, 5) is 0. The van der Waals surface area contributed by atoms with Crippen molar-refractivity contribution < 1.29 is 18.6 Å². The van der Waals surface area contributed by atoms with Gasteiger partial charge in [-0.25, -0.2) is 8.78 Å². The fourth-order valence-corrected chi connectivity index (χ4v) is 1.90. The van der Waals surface area contributed by atoms with Crippen LogP contribution in [0.2, 0.25) is 0 Å². The van der Waals surface area contributed by atoms with Crippen LogP contribution in [-0.2, 0) is 4.74 Å². The van der Waals surface area contributed by atoms with Gasteiger partial charge in [-0.05, 0) is 26.3 Å². The monoisotopic (exact) mass is 287 g/mol. The van der Waals surface area contributed by atoms with Crippen molar-refractivity contribution in [2.75, 3.05) is 13.2 Å². The number of hydrogen-bond acceptors (Lipinski definition) is 3.